The number of aromatic nitrogens is 1. The Balaban J connectivity index is 1.48. The van der Waals surface area contributed by atoms with E-state index in [4.69, 9.17) is 4.74 Å². The van der Waals surface area contributed by atoms with Gasteiger partial charge in [0.15, 0.2) is 5.82 Å². The molecule has 1 N–H and O–H groups in total. The minimum Gasteiger partial charge on any atom is -0.472 e. The smallest absolute Gasteiger partial charge is 0.213 e. The number of anilines is 1. The zero-order chi connectivity index (χ0) is 18.7. The summed E-state index contributed by atoms with van der Waals surface area (Å²) in [4.78, 5) is 6.41. The molecule has 0 aliphatic carbocycles. The van der Waals surface area contributed by atoms with Gasteiger partial charge in [0.25, 0.3) is 0 Å². The van der Waals surface area contributed by atoms with E-state index in [0.717, 1.165) is 25.9 Å². The molecule has 2 aromatic rings. The molecule has 0 unspecified atom stereocenters. The SMILES string of the molecule is CC(C)(C)Oc1ccc(CCC2CN(c3cccc(CO)c3F)C2)cn1. The molecule has 0 radical (unpaired) electrons. The van der Waals surface area contributed by atoms with Crippen LogP contribution in [0.2, 0.25) is 0 Å². The van der Waals surface area contributed by atoms with Crippen molar-refractivity contribution in [2.24, 2.45) is 5.92 Å². The van der Waals surface area contributed by atoms with Crippen LogP contribution in [0.4, 0.5) is 10.1 Å². The molecule has 1 saturated heterocycles. The van der Waals surface area contributed by atoms with Crippen LogP contribution in [0.5, 0.6) is 5.88 Å². The Morgan fingerprint density at radius 2 is 2.00 bits per heavy atom. The van der Waals surface area contributed by atoms with Crippen molar-refractivity contribution in [1.82, 2.24) is 4.98 Å². The Hall–Kier alpha value is -2.14. The van der Waals surface area contributed by atoms with Crippen LogP contribution in [0.3, 0.4) is 0 Å². The molecule has 2 heterocycles. The molecule has 1 aromatic heterocycles. The highest BCUT2D eigenvalue weighted by Gasteiger charge is 2.28. The summed E-state index contributed by atoms with van der Waals surface area (Å²) in [5.74, 6) is 0.903. The van der Waals surface area contributed by atoms with Crippen LogP contribution in [0.15, 0.2) is 36.5 Å². The molecule has 0 atom stereocenters. The summed E-state index contributed by atoms with van der Waals surface area (Å²) in [6, 6.07) is 9.18. The van der Waals surface area contributed by atoms with Crippen LogP contribution >= 0.6 is 0 Å². The van der Waals surface area contributed by atoms with Gasteiger partial charge in [0.2, 0.25) is 5.88 Å². The number of halogens is 1. The van der Waals surface area contributed by atoms with Crippen molar-refractivity contribution in [1.29, 1.82) is 0 Å². The predicted molar refractivity (Wildman–Crippen MR) is 101 cm³/mol. The first-order chi connectivity index (χ1) is 12.4. The number of aryl methyl sites for hydroxylation is 1. The maximum Gasteiger partial charge on any atom is 0.213 e. The van der Waals surface area contributed by atoms with E-state index < -0.39 is 0 Å². The molecule has 1 aromatic carbocycles. The number of rotatable bonds is 6. The molecule has 0 bridgehead atoms. The third kappa shape index (κ3) is 4.52. The molecular formula is C21H27FN2O2. The van der Waals surface area contributed by atoms with Crippen LogP contribution in [-0.2, 0) is 13.0 Å². The van der Waals surface area contributed by atoms with Crippen LogP contribution in [0.25, 0.3) is 0 Å². The Morgan fingerprint density at radius 1 is 1.23 bits per heavy atom. The summed E-state index contributed by atoms with van der Waals surface area (Å²) in [7, 11) is 0. The van der Waals surface area contributed by atoms with Crippen molar-refractivity contribution in [2.45, 2.75) is 45.8 Å². The molecule has 26 heavy (non-hydrogen) atoms. The summed E-state index contributed by atoms with van der Waals surface area (Å²) in [6.45, 7) is 7.45. The highest BCUT2D eigenvalue weighted by molar-refractivity contribution is 5.52. The van der Waals surface area contributed by atoms with E-state index in [9.17, 15) is 9.50 Å². The van der Waals surface area contributed by atoms with Gasteiger partial charge >= 0.3 is 0 Å². The number of hydrogen-bond acceptors (Lipinski definition) is 4. The van der Waals surface area contributed by atoms with Gasteiger partial charge in [-0.1, -0.05) is 18.2 Å². The molecule has 1 fully saturated rings. The van der Waals surface area contributed by atoms with Crippen LogP contribution in [0, 0.1) is 11.7 Å². The second-order valence-electron chi connectivity index (χ2n) is 7.94. The van der Waals surface area contributed by atoms with Crippen LogP contribution < -0.4 is 9.64 Å². The number of ether oxygens (including phenoxy) is 1. The third-order valence-electron chi connectivity index (χ3n) is 4.58. The molecular weight excluding hydrogens is 331 g/mol. The monoisotopic (exact) mass is 358 g/mol. The largest absolute Gasteiger partial charge is 0.472 e. The van der Waals surface area contributed by atoms with Gasteiger partial charge in [0, 0.05) is 30.9 Å². The van der Waals surface area contributed by atoms with Gasteiger partial charge in [-0.25, -0.2) is 9.37 Å². The Bertz CT molecular complexity index is 735. The van der Waals surface area contributed by atoms with Crippen molar-refractivity contribution in [3.8, 4) is 5.88 Å². The van der Waals surface area contributed by atoms with E-state index in [-0.39, 0.29) is 18.0 Å². The fourth-order valence-corrected chi connectivity index (χ4v) is 3.19. The first kappa shape index (κ1) is 18.6. The zero-order valence-corrected chi connectivity index (χ0v) is 15.7. The molecule has 1 aliphatic rings. The van der Waals surface area contributed by atoms with Crippen molar-refractivity contribution >= 4 is 5.69 Å². The van der Waals surface area contributed by atoms with E-state index >= 15 is 0 Å². The van der Waals surface area contributed by atoms with E-state index in [1.54, 1.807) is 18.2 Å². The number of nitrogens with zero attached hydrogens (tertiary/aromatic N) is 2. The summed E-state index contributed by atoms with van der Waals surface area (Å²) >= 11 is 0. The maximum atomic E-state index is 14.3. The fourth-order valence-electron chi connectivity index (χ4n) is 3.19. The standard InChI is InChI=1S/C21H27FN2O2/c1-21(2,3)26-19-10-9-15(11-23-19)7-8-16-12-24(13-16)18-6-4-5-17(14-25)20(18)22/h4-6,9-11,16,25H,7-8,12-14H2,1-3H3. The van der Waals surface area contributed by atoms with Gasteiger partial charge in [-0.3, -0.25) is 0 Å². The number of aliphatic hydroxyl groups is 1. The van der Waals surface area contributed by atoms with Crippen LogP contribution in [0.1, 0.15) is 38.3 Å². The zero-order valence-electron chi connectivity index (χ0n) is 15.7. The average molecular weight is 358 g/mol. The predicted octanol–water partition coefficient (Wildman–Crippen LogP) is 3.96. The summed E-state index contributed by atoms with van der Waals surface area (Å²) < 4.78 is 20.0. The molecule has 5 heteroatoms. The lowest BCUT2D eigenvalue weighted by atomic mass is 9.92. The van der Waals surface area contributed by atoms with Gasteiger partial charge in [0.05, 0.1) is 12.3 Å². The fraction of sp³-hybridized carbons (Fsp3) is 0.476. The van der Waals surface area contributed by atoms with Crippen molar-refractivity contribution in [2.75, 3.05) is 18.0 Å². The number of hydrogen-bond donors (Lipinski definition) is 1. The third-order valence-corrected chi connectivity index (χ3v) is 4.58. The number of aliphatic hydroxyl groups excluding tert-OH is 1. The van der Waals surface area contributed by atoms with Crippen molar-refractivity contribution in [3.63, 3.8) is 0 Å². The van der Waals surface area contributed by atoms with Gasteiger partial charge in [0.1, 0.15) is 5.60 Å². The summed E-state index contributed by atoms with van der Waals surface area (Å²) in [5, 5.41) is 9.19. The van der Waals surface area contributed by atoms with Crippen molar-refractivity contribution in [3.05, 3.63) is 53.5 Å². The minimum absolute atomic E-state index is 0.244. The quantitative estimate of drug-likeness (QED) is 0.849. The Kier molecular flexibility index (Phi) is 5.47. The lowest BCUT2D eigenvalue weighted by Gasteiger charge is -2.41. The Labute approximate surface area is 154 Å². The lowest BCUT2D eigenvalue weighted by molar-refractivity contribution is 0.124. The maximum absolute atomic E-state index is 14.3. The molecule has 0 spiro atoms. The highest BCUT2D eigenvalue weighted by atomic mass is 19.1. The molecule has 140 valence electrons. The molecule has 4 nitrogen and oxygen atoms in total. The minimum atomic E-state index is -0.299. The highest BCUT2D eigenvalue weighted by Crippen LogP contribution is 2.31. The van der Waals surface area contributed by atoms with Crippen LogP contribution in [-0.4, -0.2) is 28.8 Å². The van der Waals surface area contributed by atoms with E-state index in [0.29, 0.717) is 23.0 Å². The molecule has 0 saturated carbocycles. The average Bonchev–Trinajstić information content (AvgIpc) is 2.55. The topological polar surface area (TPSA) is 45.6 Å². The van der Waals surface area contributed by atoms with Crippen molar-refractivity contribution < 1.29 is 14.2 Å². The Morgan fingerprint density at radius 3 is 2.62 bits per heavy atom. The summed E-state index contributed by atoms with van der Waals surface area (Å²) in [6.07, 6.45) is 3.89. The normalized spacial score (nSPS) is 15.0. The second kappa shape index (κ2) is 7.62. The molecule has 3 rings (SSSR count). The molecule has 1 aliphatic heterocycles. The first-order valence-electron chi connectivity index (χ1n) is 9.13. The van der Waals surface area contributed by atoms with Gasteiger partial charge in [-0.05, 0) is 51.2 Å². The number of pyridine rings is 1. The van der Waals surface area contributed by atoms with Gasteiger partial charge in [-0.2, -0.15) is 0 Å². The van der Waals surface area contributed by atoms with E-state index in [2.05, 4.69) is 11.1 Å². The summed E-state index contributed by atoms with van der Waals surface area (Å²) in [5.41, 5.74) is 1.90. The second-order valence-corrected chi connectivity index (χ2v) is 7.94. The van der Waals surface area contributed by atoms with E-state index in [1.165, 1.54) is 5.56 Å². The van der Waals surface area contributed by atoms with Gasteiger partial charge < -0.3 is 14.7 Å². The molecule has 0 amide bonds. The first-order valence-corrected chi connectivity index (χ1v) is 9.13. The van der Waals surface area contributed by atoms with E-state index in [1.807, 2.05) is 37.9 Å². The van der Waals surface area contributed by atoms with Gasteiger partial charge in [-0.15, -0.1) is 0 Å². The number of benzene rings is 1. The lowest BCUT2D eigenvalue weighted by Crippen LogP contribution is -2.47.